The number of hydrogen-bond donors (Lipinski definition) is 0. The Kier molecular flexibility index (Phi) is 6.41. The summed E-state index contributed by atoms with van der Waals surface area (Å²) in [7, 11) is 0. The molecule has 0 amide bonds. The van der Waals surface area contributed by atoms with Crippen LogP contribution in [0, 0.1) is 0 Å². The molecule has 0 unspecified atom stereocenters. The first-order valence-electron chi connectivity index (χ1n) is 16.3. The third-order valence-corrected chi connectivity index (χ3v) is 11.0. The third kappa shape index (κ3) is 4.52. The zero-order chi connectivity index (χ0) is 31.5. The largest absolute Gasteiger partial charge is 0.310 e. The monoisotopic (exact) mass is 619 g/mol. The molecular formula is C45H33NS. The Labute approximate surface area is 280 Å². The highest BCUT2D eigenvalue weighted by Crippen LogP contribution is 2.53. The molecule has 224 valence electrons. The zero-order valence-corrected chi connectivity index (χ0v) is 27.3. The first-order valence-corrected chi connectivity index (χ1v) is 17.1. The molecular weight excluding hydrogens is 587 g/mol. The summed E-state index contributed by atoms with van der Waals surface area (Å²) in [6.07, 6.45) is 0. The maximum atomic E-state index is 2.44. The van der Waals surface area contributed by atoms with Crippen LogP contribution in [-0.4, -0.2) is 0 Å². The summed E-state index contributed by atoms with van der Waals surface area (Å²) >= 11 is 1.86. The highest BCUT2D eigenvalue weighted by atomic mass is 32.1. The maximum Gasteiger partial charge on any atom is 0.0468 e. The van der Waals surface area contributed by atoms with Gasteiger partial charge in [0.15, 0.2) is 0 Å². The quantitative estimate of drug-likeness (QED) is 0.185. The second-order valence-electron chi connectivity index (χ2n) is 13.0. The Bertz CT molecular complexity index is 2420. The van der Waals surface area contributed by atoms with Crippen LogP contribution < -0.4 is 4.90 Å². The molecule has 9 rings (SSSR count). The van der Waals surface area contributed by atoms with Crippen LogP contribution >= 0.6 is 11.3 Å². The van der Waals surface area contributed by atoms with Crippen molar-refractivity contribution in [1.29, 1.82) is 0 Å². The van der Waals surface area contributed by atoms with Crippen LogP contribution in [0.1, 0.15) is 25.0 Å². The molecule has 0 fully saturated rings. The van der Waals surface area contributed by atoms with Gasteiger partial charge < -0.3 is 4.90 Å². The number of rotatable bonds is 5. The van der Waals surface area contributed by atoms with Crippen LogP contribution in [0.4, 0.5) is 17.1 Å². The van der Waals surface area contributed by atoms with E-state index in [-0.39, 0.29) is 5.41 Å². The lowest BCUT2D eigenvalue weighted by molar-refractivity contribution is 0.660. The summed E-state index contributed by atoms with van der Waals surface area (Å²) in [5.74, 6) is 0. The van der Waals surface area contributed by atoms with Crippen LogP contribution in [-0.2, 0) is 5.41 Å². The molecule has 0 saturated carbocycles. The molecule has 0 aliphatic heterocycles. The lowest BCUT2D eigenvalue weighted by atomic mass is 9.81. The molecule has 0 N–H and O–H groups in total. The highest BCUT2D eigenvalue weighted by molar-refractivity contribution is 7.25. The van der Waals surface area contributed by atoms with Crippen molar-refractivity contribution in [2.75, 3.05) is 4.90 Å². The van der Waals surface area contributed by atoms with Crippen LogP contribution in [0.25, 0.3) is 53.6 Å². The maximum absolute atomic E-state index is 2.44. The normalized spacial score (nSPS) is 13.1. The van der Waals surface area contributed by atoms with Gasteiger partial charge in [0.2, 0.25) is 0 Å². The van der Waals surface area contributed by atoms with E-state index in [1.807, 2.05) is 11.3 Å². The predicted octanol–water partition coefficient (Wildman–Crippen LogP) is 13.2. The first kappa shape index (κ1) is 27.8. The van der Waals surface area contributed by atoms with Gasteiger partial charge >= 0.3 is 0 Å². The number of fused-ring (bicyclic) bond motifs is 6. The van der Waals surface area contributed by atoms with Gasteiger partial charge in [-0.05, 0) is 93.0 Å². The van der Waals surface area contributed by atoms with Crippen molar-refractivity contribution < 1.29 is 0 Å². The van der Waals surface area contributed by atoms with Crippen LogP contribution in [0.5, 0.6) is 0 Å². The van der Waals surface area contributed by atoms with Crippen molar-refractivity contribution in [2.45, 2.75) is 19.3 Å². The summed E-state index contributed by atoms with van der Waals surface area (Å²) in [6.45, 7) is 4.75. The molecule has 1 aliphatic rings. The molecule has 0 atom stereocenters. The third-order valence-electron chi connectivity index (χ3n) is 9.88. The molecule has 1 aromatic heterocycles. The lowest BCUT2D eigenvalue weighted by Crippen LogP contribution is -2.16. The number of anilines is 3. The summed E-state index contributed by atoms with van der Waals surface area (Å²) in [5, 5.41) is 2.61. The van der Waals surface area contributed by atoms with Crippen LogP contribution in [0.15, 0.2) is 164 Å². The Hall–Kier alpha value is -5.44. The van der Waals surface area contributed by atoms with Gasteiger partial charge in [-0.15, -0.1) is 11.3 Å². The summed E-state index contributed by atoms with van der Waals surface area (Å²) < 4.78 is 2.64. The van der Waals surface area contributed by atoms with Gasteiger partial charge in [-0.1, -0.05) is 129 Å². The van der Waals surface area contributed by atoms with Crippen molar-refractivity contribution in [3.05, 3.63) is 175 Å². The van der Waals surface area contributed by atoms with E-state index in [2.05, 4.69) is 183 Å². The SMILES string of the molecule is CC1(C)c2cc(N(c3ccc(-c4ccccc4)cc3)c3ccc4sc5ccccc5c4c3)ccc2-c2c(-c3ccccc3)cccc21. The second-order valence-corrected chi connectivity index (χ2v) is 14.1. The summed E-state index contributed by atoms with van der Waals surface area (Å²) in [6, 6.07) is 60.0. The van der Waals surface area contributed by atoms with Gasteiger partial charge in [-0.3, -0.25) is 0 Å². The van der Waals surface area contributed by atoms with Gasteiger partial charge in [-0.25, -0.2) is 0 Å². The fourth-order valence-corrected chi connectivity index (χ4v) is 8.59. The van der Waals surface area contributed by atoms with Gasteiger partial charge in [-0.2, -0.15) is 0 Å². The molecule has 1 nitrogen and oxygen atoms in total. The molecule has 2 heteroatoms. The van der Waals surface area contributed by atoms with Crippen molar-refractivity contribution >= 4 is 48.6 Å². The van der Waals surface area contributed by atoms with E-state index in [4.69, 9.17) is 0 Å². The average Bonchev–Trinajstić information content (AvgIpc) is 3.61. The zero-order valence-electron chi connectivity index (χ0n) is 26.4. The van der Waals surface area contributed by atoms with E-state index in [0.29, 0.717) is 0 Å². The number of benzene rings is 7. The standard InChI is InChI=1S/C45H33NS/c1-45(2)40-18-11-17-36(32-14-7-4-8-15-32)44(40)38-26-24-35(29-41(38)45)46(33-22-20-31(21-23-33)30-12-5-3-6-13-30)34-25-27-43-39(28-34)37-16-9-10-19-42(37)47-43/h3-29H,1-2H3. The lowest BCUT2D eigenvalue weighted by Gasteiger charge is -2.28. The first-order chi connectivity index (χ1) is 23.1. The molecule has 0 radical (unpaired) electrons. The van der Waals surface area contributed by atoms with Crippen molar-refractivity contribution in [3.8, 4) is 33.4 Å². The van der Waals surface area contributed by atoms with Crippen LogP contribution in [0.2, 0.25) is 0 Å². The average molecular weight is 620 g/mol. The van der Waals surface area contributed by atoms with E-state index in [1.165, 1.54) is 64.7 Å². The highest BCUT2D eigenvalue weighted by Gasteiger charge is 2.37. The molecule has 0 bridgehead atoms. The molecule has 1 heterocycles. The van der Waals surface area contributed by atoms with E-state index in [1.54, 1.807) is 0 Å². The number of hydrogen-bond acceptors (Lipinski definition) is 2. The van der Waals surface area contributed by atoms with Gasteiger partial charge in [0, 0.05) is 42.6 Å². The fourth-order valence-electron chi connectivity index (χ4n) is 7.51. The molecule has 7 aromatic carbocycles. The van der Waals surface area contributed by atoms with Crippen molar-refractivity contribution in [3.63, 3.8) is 0 Å². The minimum absolute atomic E-state index is 0.137. The second kappa shape index (κ2) is 10.8. The van der Waals surface area contributed by atoms with E-state index in [9.17, 15) is 0 Å². The Morgan fingerprint density at radius 2 is 1.04 bits per heavy atom. The van der Waals surface area contributed by atoms with Gasteiger partial charge in [0.25, 0.3) is 0 Å². The van der Waals surface area contributed by atoms with Crippen molar-refractivity contribution in [1.82, 2.24) is 0 Å². The topological polar surface area (TPSA) is 3.24 Å². The molecule has 0 spiro atoms. The molecule has 47 heavy (non-hydrogen) atoms. The Morgan fingerprint density at radius 1 is 0.426 bits per heavy atom. The number of thiophene rings is 1. The molecule has 1 aliphatic carbocycles. The minimum Gasteiger partial charge on any atom is -0.310 e. The Morgan fingerprint density at radius 3 is 1.83 bits per heavy atom. The molecule has 0 saturated heterocycles. The predicted molar refractivity (Wildman–Crippen MR) is 202 cm³/mol. The van der Waals surface area contributed by atoms with Gasteiger partial charge in [0.1, 0.15) is 0 Å². The summed E-state index contributed by atoms with van der Waals surface area (Å²) in [5.41, 5.74) is 13.8. The number of nitrogens with zero attached hydrogens (tertiary/aromatic N) is 1. The van der Waals surface area contributed by atoms with Gasteiger partial charge in [0.05, 0.1) is 0 Å². The van der Waals surface area contributed by atoms with E-state index >= 15 is 0 Å². The smallest absolute Gasteiger partial charge is 0.0468 e. The summed E-state index contributed by atoms with van der Waals surface area (Å²) in [4.78, 5) is 2.43. The van der Waals surface area contributed by atoms with Crippen LogP contribution in [0.3, 0.4) is 0 Å². The minimum atomic E-state index is -0.137. The fraction of sp³-hybridized carbons (Fsp3) is 0.0667. The van der Waals surface area contributed by atoms with E-state index < -0.39 is 0 Å². The van der Waals surface area contributed by atoms with Crippen molar-refractivity contribution in [2.24, 2.45) is 0 Å². The van der Waals surface area contributed by atoms with E-state index in [0.717, 1.165) is 17.1 Å². The molecule has 8 aromatic rings. The Balaban J connectivity index is 1.23.